The molecule has 0 aliphatic carbocycles. The molecule has 1 aliphatic heterocycles. The Kier molecular flexibility index (Phi) is 6.31. The number of anilines is 1. The summed E-state index contributed by atoms with van der Waals surface area (Å²) in [5, 5.41) is 13.6. The Hall–Kier alpha value is -2.66. The largest absolute Gasteiger partial charge is 0.367 e. The van der Waals surface area contributed by atoms with Crippen LogP contribution < -0.4 is 15.5 Å². The molecule has 8 heteroatoms. The first kappa shape index (κ1) is 18.7. The van der Waals surface area contributed by atoms with Gasteiger partial charge in [0.05, 0.1) is 23.4 Å². The van der Waals surface area contributed by atoms with Crippen molar-refractivity contribution in [3.63, 3.8) is 0 Å². The van der Waals surface area contributed by atoms with E-state index >= 15 is 0 Å². The molecule has 134 valence electrons. The molecule has 1 aliphatic rings. The van der Waals surface area contributed by atoms with Crippen molar-refractivity contribution in [3.8, 4) is 6.07 Å². The zero-order chi connectivity index (χ0) is 18.4. The van der Waals surface area contributed by atoms with Gasteiger partial charge in [-0.05, 0) is 32.0 Å². The van der Waals surface area contributed by atoms with Crippen molar-refractivity contribution >= 4 is 17.6 Å². The average molecular weight is 347 g/mol. The quantitative estimate of drug-likeness (QED) is 0.850. The van der Waals surface area contributed by atoms with Gasteiger partial charge in [-0.1, -0.05) is 0 Å². The van der Waals surface area contributed by atoms with E-state index in [9.17, 15) is 14.0 Å². The number of amides is 3. The van der Waals surface area contributed by atoms with Gasteiger partial charge in [0.1, 0.15) is 5.82 Å². The third-order valence-corrected chi connectivity index (χ3v) is 4.23. The number of carbonyl (C=O) groups excluding carboxylic acids is 2. The summed E-state index contributed by atoms with van der Waals surface area (Å²) in [6.45, 7) is 6.22. The third-order valence-electron chi connectivity index (χ3n) is 4.23. The number of hydrogen-bond acceptors (Lipinski definition) is 5. The molecule has 2 N–H and O–H groups in total. The molecule has 0 saturated carbocycles. The van der Waals surface area contributed by atoms with Gasteiger partial charge in [0.15, 0.2) is 0 Å². The van der Waals surface area contributed by atoms with Crippen molar-refractivity contribution in [1.82, 2.24) is 15.5 Å². The fourth-order valence-corrected chi connectivity index (χ4v) is 2.77. The van der Waals surface area contributed by atoms with E-state index in [0.717, 1.165) is 0 Å². The lowest BCUT2D eigenvalue weighted by Gasteiger charge is -2.38. The Morgan fingerprint density at radius 1 is 1.32 bits per heavy atom. The molecular weight excluding hydrogens is 325 g/mol. The topological polar surface area (TPSA) is 88.5 Å². The smallest absolute Gasteiger partial charge is 0.321 e. The van der Waals surface area contributed by atoms with Crippen LogP contribution in [-0.4, -0.2) is 55.6 Å². The molecule has 1 aromatic carbocycles. The molecule has 1 heterocycles. The molecular formula is C17H22FN5O2. The molecule has 2 rings (SSSR count). The fraction of sp³-hybridized carbons (Fsp3) is 0.471. The van der Waals surface area contributed by atoms with Gasteiger partial charge in [0.2, 0.25) is 5.91 Å². The molecule has 25 heavy (non-hydrogen) atoms. The van der Waals surface area contributed by atoms with E-state index < -0.39 is 17.9 Å². The Morgan fingerprint density at radius 3 is 2.56 bits per heavy atom. The summed E-state index contributed by atoms with van der Waals surface area (Å²) in [5.41, 5.74) is 0.744. The summed E-state index contributed by atoms with van der Waals surface area (Å²) in [4.78, 5) is 27.4. The van der Waals surface area contributed by atoms with Crippen LogP contribution in [0.2, 0.25) is 0 Å². The number of rotatable bonds is 4. The van der Waals surface area contributed by atoms with Gasteiger partial charge >= 0.3 is 6.03 Å². The third kappa shape index (κ3) is 4.67. The minimum atomic E-state index is -0.502. The zero-order valence-electron chi connectivity index (χ0n) is 14.4. The molecule has 0 radical (unpaired) electrons. The maximum absolute atomic E-state index is 14.1. The highest BCUT2D eigenvalue weighted by molar-refractivity contribution is 5.96. The van der Waals surface area contributed by atoms with E-state index in [4.69, 9.17) is 5.26 Å². The fourth-order valence-electron chi connectivity index (χ4n) is 2.77. The van der Waals surface area contributed by atoms with Gasteiger partial charge in [-0.3, -0.25) is 15.0 Å². The van der Waals surface area contributed by atoms with E-state index in [1.807, 2.05) is 15.9 Å². The zero-order valence-corrected chi connectivity index (χ0v) is 14.4. The van der Waals surface area contributed by atoms with Crippen LogP contribution in [0.15, 0.2) is 18.2 Å². The van der Waals surface area contributed by atoms with Crippen LogP contribution in [0, 0.1) is 17.1 Å². The second-order valence-electron chi connectivity index (χ2n) is 5.83. The summed E-state index contributed by atoms with van der Waals surface area (Å²) < 4.78 is 14.1. The number of halogens is 1. The predicted octanol–water partition coefficient (Wildman–Crippen LogP) is 1.05. The lowest BCUT2D eigenvalue weighted by molar-refractivity contribution is -0.124. The van der Waals surface area contributed by atoms with Crippen LogP contribution in [0.25, 0.3) is 0 Å². The maximum atomic E-state index is 14.1. The number of nitrogens with zero attached hydrogens (tertiary/aromatic N) is 3. The van der Waals surface area contributed by atoms with Crippen LogP contribution in [-0.2, 0) is 4.79 Å². The van der Waals surface area contributed by atoms with E-state index in [-0.39, 0.29) is 11.5 Å². The van der Waals surface area contributed by atoms with Crippen LogP contribution in [0.4, 0.5) is 14.9 Å². The molecule has 0 aromatic heterocycles. The summed E-state index contributed by atoms with van der Waals surface area (Å²) in [5.74, 6) is -0.779. The normalized spacial score (nSPS) is 16.0. The number of carbonyl (C=O) groups is 2. The van der Waals surface area contributed by atoms with E-state index in [1.165, 1.54) is 6.07 Å². The van der Waals surface area contributed by atoms with Gasteiger partial charge in [-0.25, -0.2) is 9.18 Å². The standard InChI is InChI=1S/C17H22FN5O2/c1-3-20-17(25)21-16(24)12(2)22-6-8-23(9-7-22)15-5-4-13(11-19)10-14(15)18/h4-5,10,12H,3,6-9H2,1-2H3,(H2,20,21,24,25)/t12-/m1/s1. The van der Waals surface area contributed by atoms with Crippen molar-refractivity contribution in [2.75, 3.05) is 37.6 Å². The molecule has 0 unspecified atom stereocenters. The first-order valence-corrected chi connectivity index (χ1v) is 8.23. The Labute approximate surface area is 146 Å². The monoisotopic (exact) mass is 347 g/mol. The van der Waals surface area contributed by atoms with Crippen molar-refractivity contribution in [2.45, 2.75) is 19.9 Å². The van der Waals surface area contributed by atoms with Crippen molar-refractivity contribution in [3.05, 3.63) is 29.6 Å². The van der Waals surface area contributed by atoms with Crippen LogP contribution >= 0.6 is 0 Å². The van der Waals surface area contributed by atoms with Crippen molar-refractivity contribution < 1.29 is 14.0 Å². The predicted molar refractivity (Wildman–Crippen MR) is 91.6 cm³/mol. The second kappa shape index (κ2) is 8.44. The first-order chi connectivity index (χ1) is 12.0. The van der Waals surface area contributed by atoms with Gasteiger partial charge in [-0.15, -0.1) is 0 Å². The lowest BCUT2D eigenvalue weighted by Crippen LogP contribution is -2.55. The molecule has 0 spiro atoms. The lowest BCUT2D eigenvalue weighted by atomic mass is 10.1. The molecule has 1 fully saturated rings. The Balaban J connectivity index is 1.92. The van der Waals surface area contributed by atoms with Crippen LogP contribution in [0.1, 0.15) is 19.4 Å². The van der Waals surface area contributed by atoms with E-state index in [0.29, 0.717) is 38.4 Å². The van der Waals surface area contributed by atoms with Crippen molar-refractivity contribution in [1.29, 1.82) is 5.26 Å². The highest BCUT2D eigenvalue weighted by Gasteiger charge is 2.27. The second-order valence-corrected chi connectivity index (χ2v) is 5.83. The summed E-state index contributed by atoms with van der Waals surface area (Å²) in [6.07, 6.45) is 0. The van der Waals surface area contributed by atoms with Crippen molar-refractivity contribution in [2.24, 2.45) is 0 Å². The number of benzene rings is 1. The summed E-state index contributed by atoms with van der Waals surface area (Å²) >= 11 is 0. The van der Waals surface area contributed by atoms with Gasteiger partial charge in [0, 0.05) is 32.7 Å². The van der Waals surface area contributed by atoms with Crippen LogP contribution in [0.3, 0.4) is 0 Å². The molecule has 0 bridgehead atoms. The molecule has 1 saturated heterocycles. The number of urea groups is 1. The number of piperazine rings is 1. The van der Waals surface area contributed by atoms with E-state index in [1.54, 1.807) is 26.0 Å². The molecule has 1 atom stereocenters. The number of nitrogens with one attached hydrogen (secondary N) is 2. The van der Waals surface area contributed by atoms with E-state index in [2.05, 4.69) is 10.6 Å². The summed E-state index contributed by atoms with van der Waals surface area (Å²) in [7, 11) is 0. The molecule has 1 aromatic rings. The molecule has 7 nitrogen and oxygen atoms in total. The number of imide groups is 1. The highest BCUT2D eigenvalue weighted by Crippen LogP contribution is 2.22. The van der Waals surface area contributed by atoms with Gasteiger partial charge < -0.3 is 10.2 Å². The number of hydrogen-bond donors (Lipinski definition) is 2. The highest BCUT2D eigenvalue weighted by atomic mass is 19.1. The Morgan fingerprint density at radius 2 is 2.00 bits per heavy atom. The van der Waals surface area contributed by atoms with Crippen LogP contribution in [0.5, 0.6) is 0 Å². The number of nitriles is 1. The average Bonchev–Trinajstić information content (AvgIpc) is 2.61. The minimum absolute atomic E-state index is 0.288. The minimum Gasteiger partial charge on any atom is -0.367 e. The summed E-state index contributed by atoms with van der Waals surface area (Å²) in [6, 6.07) is 5.39. The first-order valence-electron chi connectivity index (χ1n) is 8.23. The molecule has 3 amide bonds. The van der Waals surface area contributed by atoms with Gasteiger partial charge in [0.25, 0.3) is 0 Å². The van der Waals surface area contributed by atoms with Gasteiger partial charge in [-0.2, -0.15) is 5.26 Å². The maximum Gasteiger partial charge on any atom is 0.321 e. The SMILES string of the molecule is CCNC(=O)NC(=O)[C@@H](C)N1CCN(c2ccc(C#N)cc2F)CC1. The Bertz CT molecular complexity index is 680.